The molecule has 0 spiro atoms. The van der Waals surface area contributed by atoms with E-state index in [0.717, 1.165) is 54.4 Å². The molecule has 3 aromatic carbocycles. The number of benzene rings is 3. The van der Waals surface area contributed by atoms with Crippen LogP contribution in [0, 0.1) is 43.4 Å². The molecule has 206 valence electrons. The SMILES string of the molecule is Cc1cc([S+](c2ccccc2)c2ccccc2)cc(C)c1OCC(=O)OC1(C#CC2CC3CCC2C3)CCCC1. The first kappa shape index (κ1) is 27.0. The van der Waals surface area contributed by atoms with Gasteiger partial charge in [-0.2, -0.15) is 0 Å². The minimum Gasteiger partial charge on any atom is -0.481 e. The Labute approximate surface area is 242 Å². The third kappa shape index (κ3) is 5.81. The van der Waals surface area contributed by atoms with Gasteiger partial charge in [-0.3, -0.25) is 0 Å². The average molecular weight is 552 g/mol. The van der Waals surface area contributed by atoms with E-state index >= 15 is 0 Å². The minimum absolute atomic E-state index is 0.0956. The van der Waals surface area contributed by atoms with Gasteiger partial charge in [0.15, 0.2) is 26.9 Å². The lowest BCUT2D eigenvalue weighted by molar-refractivity contribution is -0.156. The van der Waals surface area contributed by atoms with Gasteiger partial charge in [0.1, 0.15) is 5.75 Å². The first-order valence-corrected chi connectivity index (χ1v) is 16.1. The number of aryl methyl sites for hydroxylation is 2. The Kier molecular flexibility index (Phi) is 7.94. The summed E-state index contributed by atoms with van der Waals surface area (Å²) in [6, 6.07) is 25.7. The molecule has 0 heterocycles. The summed E-state index contributed by atoms with van der Waals surface area (Å²) in [5.41, 5.74) is 1.42. The van der Waals surface area contributed by atoms with Crippen LogP contribution in [0.3, 0.4) is 0 Å². The Balaban J connectivity index is 1.16. The first-order valence-electron chi connectivity index (χ1n) is 14.8. The lowest BCUT2D eigenvalue weighted by atomic mass is 9.88. The zero-order valence-corrected chi connectivity index (χ0v) is 24.5. The van der Waals surface area contributed by atoms with Gasteiger partial charge in [0, 0.05) is 18.1 Å². The van der Waals surface area contributed by atoms with Gasteiger partial charge < -0.3 is 9.47 Å². The molecule has 0 aliphatic heterocycles. The number of rotatable bonds is 7. The van der Waals surface area contributed by atoms with Crippen LogP contribution in [0.15, 0.2) is 87.5 Å². The van der Waals surface area contributed by atoms with E-state index < -0.39 is 5.60 Å². The average Bonchev–Trinajstić information content (AvgIpc) is 3.71. The Morgan fingerprint density at radius 1 is 0.875 bits per heavy atom. The Morgan fingerprint density at radius 2 is 1.50 bits per heavy atom. The standard InChI is InChI=1S/C36H39O3S/c1-26-21-33(40(31-11-5-3-6-12-31)32-13-7-4-8-14-32)22-27(2)35(26)38-25-34(37)39-36(18-9-10-19-36)20-17-30-24-28-15-16-29(30)23-28/h3-8,11-14,21-22,28-30H,9-10,15-16,18-19,23-25H2,1-2H3/q+1. The van der Waals surface area contributed by atoms with E-state index in [1.807, 2.05) is 0 Å². The van der Waals surface area contributed by atoms with Crippen molar-refractivity contribution < 1.29 is 14.3 Å². The maximum Gasteiger partial charge on any atom is 0.345 e. The molecule has 3 fully saturated rings. The molecular formula is C36H39O3S+. The van der Waals surface area contributed by atoms with E-state index in [1.54, 1.807) is 0 Å². The third-order valence-electron chi connectivity index (χ3n) is 8.91. The van der Waals surface area contributed by atoms with Crippen molar-refractivity contribution in [3.8, 4) is 17.6 Å². The van der Waals surface area contributed by atoms with Crippen LogP contribution in [0.2, 0.25) is 0 Å². The molecule has 40 heavy (non-hydrogen) atoms. The predicted octanol–water partition coefficient (Wildman–Crippen LogP) is 8.07. The molecule has 0 amide bonds. The number of carbonyl (C=O) groups excluding carboxylic acids is 1. The van der Waals surface area contributed by atoms with Crippen LogP contribution >= 0.6 is 0 Å². The van der Waals surface area contributed by atoms with E-state index in [0.29, 0.717) is 5.92 Å². The fourth-order valence-electron chi connectivity index (χ4n) is 7.00. The van der Waals surface area contributed by atoms with Crippen molar-refractivity contribution in [1.29, 1.82) is 0 Å². The largest absolute Gasteiger partial charge is 0.481 e. The fraction of sp³-hybridized carbons (Fsp3) is 0.417. The summed E-state index contributed by atoms with van der Waals surface area (Å²) < 4.78 is 12.2. The lowest BCUT2D eigenvalue weighted by Crippen LogP contribution is -2.33. The lowest BCUT2D eigenvalue weighted by Gasteiger charge is -2.24. The normalized spacial score (nSPS) is 22.6. The van der Waals surface area contributed by atoms with Crippen LogP contribution in [0.25, 0.3) is 0 Å². The van der Waals surface area contributed by atoms with Crippen LogP contribution in [0.5, 0.6) is 5.75 Å². The second-order valence-corrected chi connectivity index (χ2v) is 13.9. The Hall–Kier alpha value is -3.16. The molecular weight excluding hydrogens is 512 g/mol. The maximum atomic E-state index is 13.1. The molecule has 6 rings (SSSR count). The first-order chi connectivity index (χ1) is 19.5. The molecule has 4 heteroatoms. The van der Waals surface area contributed by atoms with Crippen LogP contribution in [-0.4, -0.2) is 18.2 Å². The van der Waals surface area contributed by atoms with Crippen molar-refractivity contribution in [1.82, 2.24) is 0 Å². The molecule has 0 saturated heterocycles. The predicted molar refractivity (Wildman–Crippen MR) is 160 cm³/mol. The van der Waals surface area contributed by atoms with Gasteiger partial charge in [-0.1, -0.05) is 54.7 Å². The molecule has 0 radical (unpaired) electrons. The number of hydrogen-bond donors (Lipinski definition) is 0. The van der Waals surface area contributed by atoms with E-state index in [1.165, 1.54) is 40.4 Å². The molecule has 3 aliphatic carbocycles. The van der Waals surface area contributed by atoms with Crippen molar-refractivity contribution >= 4 is 16.9 Å². The molecule has 3 nitrogen and oxygen atoms in total. The van der Waals surface area contributed by atoms with Crippen molar-refractivity contribution in [3.05, 3.63) is 83.9 Å². The third-order valence-corrected chi connectivity index (χ3v) is 11.1. The summed E-state index contributed by atoms with van der Waals surface area (Å²) >= 11 is 0. The van der Waals surface area contributed by atoms with Gasteiger partial charge in [0.25, 0.3) is 0 Å². The topological polar surface area (TPSA) is 35.5 Å². The quantitative estimate of drug-likeness (QED) is 0.169. The monoisotopic (exact) mass is 551 g/mol. The van der Waals surface area contributed by atoms with Crippen molar-refractivity contribution in [2.24, 2.45) is 17.8 Å². The molecule has 0 aromatic heterocycles. The van der Waals surface area contributed by atoms with Crippen LogP contribution in [0.1, 0.15) is 62.5 Å². The minimum atomic E-state index is -0.629. The second-order valence-electron chi connectivity index (χ2n) is 11.8. The molecule has 2 bridgehead atoms. The van der Waals surface area contributed by atoms with Gasteiger partial charge in [-0.05, 0) is 106 Å². The molecule has 3 aromatic rings. The van der Waals surface area contributed by atoms with E-state index in [9.17, 15) is 4.79 Å². The zero-order valence-electron chi connectivity index (χ0n) is 23.7. The number of ether oxygens (including phenoxy) is 2. The molecule has 3 unspecified atom stereocenters. The number of hydrogen-bond acceptors (Lipinski definition) is 3. The van der Waals surface area contributed by atoms with Crippen molar-refractivity contribution in [3.63, 3.8) is 0 Å². The van der Waals surface area contributed by atoms with Crippen LogP contribution in [0.4, 0.5) is 0 Å². The van der Waals surface area contributed by atoms with E-state index in [-0.39, 0.29) is 23.5 Å². The van der Waals surface area contributed by atoms with Crippen molar-refractivity contribution in [2.45, 2.75) is 85.5 Å². The Morgan fingerprint density at radius 3 is 2.05 bits per heavy atom. The van der Waals surface area contributed by atoms with Gasteiger partial charge in [0.05, 0.1) is 10.9 Å². The number of fused-ring (bicyclic) bond motifs is 2. The van der Waals surface area contributed by atoms with Crippen molar-refractivity contribution in [2.75, 3.05) is 6.61 Å². The maximum absolute atomic E-state index is 13.1. The summed E-state index contributed by atoms with van der Waals surface area (Å²) in [6.07, 6.45) is 9.06. The molecule has 0 N–H and O–H groups in total. The van der Waals surface area contributed by atoms with Crippen LogP contribution in [-0.2, 0) is 20.4 Å². The van der Waals surface area contributed by atoms with Gasteiger partial charge in [-0.15, -0.1) is 0 Å². The fourth-order valence-corrected chi connectivity index (χ4v) is 9.26. The van der Waals surface area contributed by atoms with E-state index in [4.69, 9.17) is 9.47 Å². The smallest absolute Gasteiger partial charge is 0.345 e. The summed E-state index contributed by atoms with van der Waals surface area (Å²) in [5, 5.41) is 0. The van der Waals surface area contributed by atoms with Crippen LogP contribution < -0.4 is 4.74 Å². The summed E-state index contributed by atoms with van der Waals surface area (Å²) in [4.78, 5) is 16.8. The van der Waals surface area contributed by atoms with Gasteiger partial charge in [0.2, 0.25) is 0 Å². The summed E-state index contributed by atoms with van der Waals surface area (Å²) in [5.74, 6) is 9.61. The van der Waals surface area contributed by atoms with Gasteiger partial charge >= 0.3 is 5.97 Å². The molecule has 3 aliphatic rings. The number of esters is 1. The zero-order chi connectivity index (χ0) is 27.5. The summed E-state index contributed by atoms with van der Waals surface area (Å²) in [7, 11) is -0.232. The second kappa shape index (κ2) is 11.8. The molecule has 3 saturated carbocycles. The number of carbonyl (C=O) groups is 1. The molecule has 3 atom stereocenters. The summed E-state index contributed by atoms with van der Waals surface area (Å²) in [6.45, 7) is 4.03. The highest BCUT2D eigenvalue weighted by molar-refractivity contribution is 7.97. The highest BCUT2D eigenvalue weighted by Crippen LogP contribution is 2.48. The Bertz CT molecular complexity index is 1340. The highest BCUT2D eigenvalue weighted by Gasteiger charge is 2.40. The highest BCUT2D eigenvalue weighted by atomic mass is 32.2. The van der Waals surface area contributed by atoms with Gasteiger partial charge in [-0.25, -0.2) is 4.79 Å². The van der Waals surface area contributed by atoms with E-state index in [2.05, 4.69) is 98.5 Å².